The van der Waals surface area contributed by atoms with E-state index in [1.807, 2.05) is 0 Å². The summed E-state index contributed by atoms with van der Waals surface area (Å²) in [7, 11) is 8.49. The first kappa shape index (κ1) is 18.3. The van der Waals surface area contributed by atoms with Crippen molar-refractivity contribution in [2.75, 3.05) is 38.0 Å². The quantitative estimate of drug-likeness (QED) is 0.342. The fraction of sp³-hybridized carbons (Fsp3) is 0.172. The van der Waals surface area contributed by atoms with Crippen molar-refractivity contribution < 1.29 is 0 Å². The Morgan fingerprint density at radius 3 is 1.26 bits per heavy atom. The van der Waals surface area contributed by atoms with Crippen molar-refractivity contribution >= 4 is 11.4 Å². The molecule has 0 unspecified atom stereocenters. The normalized spacial score (nSPS) is 14.1. The minimum atomic E-state index is -0.282. The third-order valence-electron chi connectivity index (χ3n) is 7.09. The van der Waals surface area contributed by atoms with Gasteiger partial charge >= 0.3 is 0 Å². The molecule has 2 aliphatic carbocycles. The molecule has 0 atom stereocenters. The standard InChI is InChI=1S/C29H26N2/c1-30(2)19-13-15-23-24-16-14-20(31(3)4)18-28(24)29(27(23)17-19)25-11-7-5-9-21(25)22-10-6-8-12-26(22)29/h5-18H,1-4H3. The third-order valence-corrected chi connectivity index (χ3v) is 7.09. The molecule has 4 aromatic rings. The van der Waals surface area contributed by atoms with Crippen molar-refractivity contribution in [3.05, 3.63) is 107 Å². The lowest BCUT2D eigenvalue weighted by molar-refractivity contribution is 0.792. The number of benzene rings is 4. The van der Waals surface area contributed by atoms with Gasteiger partial charge in [-0.3, -0.25) is 0 Å². The summed E-state index contributed by atoms with van der Waals surface area (Å²) in [4.78, 5) is 4.41. The maximum absolute atomic E-state index is 2.41. The zero-order valence-electron chi connectivity index (χ0n) is 18.5. The number of hydrogen-bond donors (Lipinski definition) is 0. The minimum Gasteiger partial charge on any atom is -0.378 e. The highest BCUT2D eigenvalue weighted by Crippen LogP contribution is 2.63. The molecule has 1 spiro atoms. The summed E-state index contributed by atoms with van der Waals surface area (Å²) in [6.45, 7) is 0. The molecule has 0 radical (unpaired) electrons. The molecule has 0 aromatic heterocycles. The minimum absolute atomic E-state index is 0.282. The van der Waals surface area contributed by atoms with Gasteiger partial charge in [-0.05, 0) is 68.8 Å². The lowest BCUT2D eigenvalue weighted by Gasteiger charge is -2.31. The number of nitrogens with zero attached hydrogens (tertiary/aromatic N) is 2. The zero-order valence-corrected chi connectivity index (χ0v) is 18.5. The Morgan fingerprint density at radius 2 is 0.839 bits per heavy atom. The van der Waals surface area contributed by atoms with Crippen LogP contribution in [0.25, 0.3) is 22.3 Å². The van der Waals surface area contributed by atoms with Crippen LogP contribution in [0.1, 0.15) is 22.3 Å². The Kier molecular flexibility index (Phi) is 3.68. The van der Waals surface area contributed by atoms with Gasteiger partial charge in [-0.15, -0.1) is 0 Å². The van der Waals surface area contributed by atoms with Gasteiger partial charge in [0.25, 0.3) is 0 Å². The first-order valence-electron chi connectivity index (χ1n) is 10.9. The fourth-order valence-electron chi connectivity index (χ4n) is 5.67. The predicted molar refractivity (Wildman–Crippen MR) is 131 cm³/mol. The molecule has 2 aliphatic rings. The highest BCUT2D eigenvalue weighted by atomic mass is 15.1. The second-order valence-corrected chi connectivity index (χ2v) is 9.09. The Balaban J connectivity index is 1.81. The van der Waals surface area contributed by atoms with Gasteiger partial charge < -0.3 is 9.80 Å². The Bertz CT molecular complexity index is 1240. The topological polar surface area (TPSA) is 6.48 Å². The molecule has 0 aliphatic heterocycles. The van der Waals surface area contributed by atoms with Crippen LogP contribution in [0.4, 0.5) is 11.4 Å². The average Bonchev–Trinajstić information content (AvgIpc) is 3.25. The Morgan fingerprint density at radius 1 is 0.452 bits per heavy atom. The molecule has 31 heavy (non-hydrogen) atoms. The number of fused-ring (bicyclic) bond motifs is 10. The highest BCUT2D eigenvalue weighted by molar-refractivity contribution is 5.96. The van der Waals surface area contributed by atoms with Crippen molar-refractivity contribution in [1.82, 2.24) is 0 Å². The van der Waals surface area contributed by atoms with Gasteiger partial charge in [0.05, 0.1) is 5.41 Å². The lowest BCUT2D eigenvalue weighted by Crippen LogP contribution is -2.26. The second-order valence-electron chi connectivity index (χ2n) is 9.09. The summed E-state index contributed by atoms with van der Waals surface area (Å²) >= 11 is 0. The molecular formula is C29H26N2. The Labute approximate surface area is 184 Å². The summed E-state index contributed by atoms with van der Waals surface area (Å²) in [6.07, 6.45) is 0. The molecule has 0 amide bonds. The number of anilines is 2. The first-order valence-corrected chi connectivity index (χ1v) is 10.9. The van der Waals surface area contributed by atoms with Crippen LogP contribution in [0.2, 0.25) is 0 Å². The van der Waals surface area contributed by atoms with E-state index in [0.29, 0.717) is 0 Å². The van der Waals surface area contributed by atoms with Gasteiger partial charge in [-0.25, -0.2) is 0 Å². The molecule has 0 fully saturated rings. The van der Waals surface area contributed by atoms with Crippen LogP contribution in [0, 0.1) is 0 Å². The maximum Gasteiger partial charge on any atom is 0.0727 e. The largest absolute Gasteiger partial charge is 0.378 e. The van der Waals surface area contributed by atoms with Crippen LogP contribution in [-0.2, 0) is 5.41 Å². The van der Waals surface area contributed by atoms with Crippen molar-refractivity contribution in [1.29, 1.82) is 0 Å². The molecule has 4 aromatic carbocycles. The fourth-order valence-corrected chi connectivity index (χ4v) is 5.67. The van der Waals surface area contributed by atoms with Crippen molar-refractivity contribution in [2.24, 2.45) is 0 Å². The van der Waals surface area contributed by atoms with E-state index in [1.54, 1.807) is 0 Å². The van der Waals surface area contributed by atoms with E-state index in [2.05, 4.69) is 123 Å². The SMILES string of the molecule is CN(C)c1ccc2c(c1)C1(c3ccccc3-c3ccccc31)c1cc(N(C)C)ccc1-2. The van der Waals surface area contributed by atoms with Gasteiger partial charge in [-0.1, -0.05) is 60.7 Å². The summed E-state index contributed by atoms with van der Waals surface area (Å²) in [5.74, 6) is 0. The maximum atomic E-state index is 2.41. The van der Waals surface area contributed by atoms with Gasteiger partial charge in [0.1, 0.15) is 0 Å². The van der Waals surface area contributed by atoms with Gasteiger partial charge in [0.2, 0.25) is 0 Å². The first-order chi connectivity index (χ1) is 15.0. The smallest absolute Gasteiger partial charge is 0.0727 e. The van der Waals surface area contributed by atoms with Crippen LogP contribution in [-0.4, -0.2) is 28.2 Å². The molecule has 2 heteroatoms. The summed E-state index contributed by atoms with van der Waals surface area (Å²) < 4.78 is 0. The van der Waals surface area contributed by atoms with E-state index >= 15 is 0 Å². The third kappa shape index (κ3) is 2.22. The zero-order chi connectivity index (χ0) is 21.3. The number of hydrogen-bond acceptors (Lipinski definition) is 2. The molecule has 6 rings (SSSR count). The van der Waals surface area contributed by atoms with Gasteiger partial charge in [0, 0.05) is 39.6 Å². The summed E-state index contributed by atoms with van der Waals surface area (Å²) in [5.41, 5.74) is 13.1. The molecule has 0 heterocycles. The molecular weight excluding hydrogens is 376 g/mol. The predicted octanol–water partition coefficient (Wildman–Crippen LogP) is 6.16. The van der Waals surface area contributed by atoms with E-state index < -0.39 is 0 Å². The van der Waals surface area contributed by atoms with E-state index in [0.717, 1.165) is 0 Å². The highest BCUT2D eigenvalue weighted by Gasteiger charge is 2.51. The van der Waals surface area contributed by atoms with Crippen LogP contribution in [0.5, 0.6) is 0 Å². The van der Waals surface area contributed by atoms with Crippen molar-refractivity contribution in [3.8, 4) is 22.3 Å². The van der Waals surface area contributed by atoms with Gasteiger partial charge in [-0.2, -0.15) is 0 Å². The van der Waals surface area contributed by atoms with Crippen LogP contribution in [0.3, 0.4) is 0 Å². The monoisotopic (exact) mass is 402 g/mol. The Hall–Kier alpha value is -3.52. The van der Waals surface area contributed by atoms with Gasteiger partial charge in [0.15, 0.2) is 0 Å². The lowest BCUT2D eigenvalue weighted by atomic mass is 9.70. The molecule has 0 bridgehead atoms. The second kappa shape index (κ2) is 6.24. The summed E-state index contributed by atoms with van der Waals surface area (Å²) in [5, 5.41) is 0. The van der Waals surface area contributed by atoms with E-state index in [9.17, 15) is 0 Å². The number of rotatable bonds is 2. The van der Waals surface area contributed by atoms with Crippen LogP contribution < -0.4 is 9.80 Å². The van der Waals surface area contributed by atoms with Crippen molar-refractivity contribution in [2.45, 2.75) is 5.41 Å². The van der Waals surface area contributed by atoms with E-state index in [4.69, 9.17) is 0 Å². The summed E-state index contributed by atoms with van der Waals surface area (Å²) in [6, 6.07) is 31.9. The van der Waals surface area contributed by atoms with E-state index in [-0.39, 0.29) is 5.41 Å². The molecule has 2 nitrogen and oxygen atoms in total. The molecule has 0 N–H and O–H groups in total. The average molecular weight is 403 g/mol. The van der Waals surface area contributed by atoms with Crippen LogP contribution in [0.15, 0.2) is 84.9 Å². The molecule has 0 saturated carbocycles. The molecule has 0 saturated heterocycles. The van der Waals surface area contributed by atoms with Crippen LogP contribution >= 0.6 is 0 Å². The van der Waals surface area contributed by atoms with E-state index in [1.165, 1.54) is 55.9 Å². The van der Waals surface area contributed by atoms with Crippen molar-refractivity contribution in [3.63, 3.8) is 0 Å². The molecule has 152 valence electrons.